The van der Waals surface area contributed by atoms with E-state index in [0.717, 1.165) is 11.3 Å². The van der Waals surface area contributed by atoms with Gasteiger partial charge in [0, 0.05) is 5.56 Å². The Morgan fingerprint density at radius 2 is 1.56 bits per heavy atom. The fraction of sp³-hybridized carbons (Fsp3) is 0.188. The van der Waals surface area contributed by atoms with Crippen LogP contribution in [0, 0.1) is 20.8 Å². The minimum atomic E-state index is -4.55. The number of hydrogen-bond acceptors (Lipinski definition) is 7. The van der Waals surface area contributed by atoms with Crippen LogP contribution in [0.2, 0.25) is 0 Å². The summed E-state index contributed by atoms with van der Waals surface area (Å²) in [6, 6.07) is 4.38. The van der Waals surface area contributed by atoms with Gasteiger partial charge < -0.3 is 5.73 Å². The van der Waals surface area contributed by atoms with E-state index < -0.39 is 25.1 Å². The Balaban J connectivity index is 2.38. The summed E-state index contributed by atoms with van der Waals surface area (Å²) < 4.78 is 66.1. The molecule has 0 amide bonds. The minimum absolute atomic E-state index is 0.0759. The summed E-state index contributed by atoms with van der Waals surface area (Å²) >= 11 is 0.999. The number of rotatable bonds is 3. The first-order valence-electron chi connectivity index (χ1n) is 7.57. The lowest BCUT2D eigenvalue weighted by Gasteiger charge is -2.08. The van der Waals surface area contributed by atoms with Crippen LogP contribution >= 0.6 is 11.3 Å². The Morgan fingerprint density at radius 3 is 2.11 bits per heavy atom. The van der Waals surface area contributed by atoms with Crippen molar-refractivity contribution in [1.29, 1.82) is 0 Å². The third-order valence-electron chi connectivity index (χ3n) is 4.13. The number of fused-ring (bicyclic) bond motifs is 1. The average molecular weight is 429 g/mol. The summed E-state index contributed by atoms with van der Waals surface area (Å²) in [5, 5.41) is 0.330. The number of aryl methyl sites for hydroxylation is 3. The largest absolute Gasteiger partial charge is 0.397 e. The number of benzene rings is 2. The van der Waals surface area contributed by atoms with Gasteiger partial charge in [0.15, 0.2) is 0 Å². The van der Waals surface area contributed by atoms with Gasteiger partial charge in [-0.25, -0.2) is 4.98 Å². The molecule has 2 aromatic carbocycles. The minimum Gasteiger partial charge on any atom is -0.397 e. The highest BCUT2D eigenvalue weighted by molar-refractivity contribution is 7.86. The van der Waals surface area contributed by atoms with Gasteiger partial charge in [0.2, 0.25) is 0 Å². The van der Waals surface area contributed by atoms with Gasteiger partial charge in [0.25, 0.3) is 20.2 Å². The molecule has 11 heteroatoms. The smallest absolute Gasteiger partial charge is 0.296 e. The van der Waals surface area contributed by atoms with Gasteiger partial charge >= 0.3 is 0 Å². The van der Waals surface area contributed by atoms with Crippen LogP contribution in [0.15, 0.2) is 28.0 Å². The molecule has 0 radical (unpaired) electrons. The van der Waals surface area contributed by atoms with Crippen molar-refractivity contribution in [3.8, 4) is 10.6 Å². The summed E-state index contributed by atoms with van der Waals surface area (Å²) in [7, 11) is -9.02. The Kier molecular flexibility index (Phi) is 4.56. The number of anilines is 1. The molecule has 3 rings (SSSR count). The highest BCUT2D eigenvalue weighted by Gasteiger charge is 2.24. The lowest BCUT2D eigenvalue weighted by Crippen LogP contribution is -2.05. The monoisotopic (exact) mass is 428 g/mol. The molecule has 27 heavy (non-hydrogen) atoms. The van der Waals surface area contributed by atoms with Crippen LogP contribution in [0.1, 0.15) is 16.7 Å². The molecule has 0 aliphatic heterocycles. The summed E-state index contributed by atoms with van der Waals surface area (Å²) in [6.07, 6.45) is 0. The third-order valence-corrected chi connectivity index (χ3v) is 7.32. The standard InChI is InChI=1S/C16H16N2O6S3/c1-7-5-10(6-11(12(7)17)26(19,20)21)16-18-13-8(2)4-9(3)15(14(13)25-16)27(22,23)24/h4-6H,17H2,1-3H3,(H,19,20,21)(H,22,23,24). The predicted molar refractivity (Wildman–Crippen MR) is 103 cm³/mol. The SMILES string of the molecule is Cc1cc(-c2nc3c(C)cc(C)c(S(=O)(=O)O)c3s2)cc(S(=O)(=O)O)c1N. The van der Waals surface area contributed by atoms with Crippen molar-refractivity contribution in [2.45, 2.75) is 30.6 Å². The maximum Gasteiger partial charge on any atom is 0.296 e. The summed E-state index contributed by atoms with van der Waals surface area (Å²) in [5.41, 5.74) is 7.92. The van der Waals surface area contributed by atoms with Crippen LogP contribution in [-0.4, -0.2) is 30.9 Å². The van der Waals surface area contributed by atoms with Gasteiger partial charge in [-0.15, -0.1) is 11.3 Å². The Bertz CT molecular complexity index is 1310. The number of nitrogens with zero attached hydrogens (tertiary/aromatic N) is 1. The lowest BCUT2D eigenvalue weighted by atomic mass is 10.1. The molecule has 0 aliphatic carbocycles. The summed E-state index contributed by atoms with van der Waals surface area (Å²) in [6.45, 7) is 4.91. The number of nitrogens with two attached hydrogens (primary N) is 1. The maximum absolute atomic E-state index is 11.8. The fourth-order valence-corrected chi connectivity index (χ4v) is 6.00. The van der Waals surface area contributed by atoms with E-state index in [1.165, 1.54) is 6.07 Å². The maximum atomic E-state index is 11.8. The topological polar surface area (TPSA) is 148 Å². The van der Waals surface area contributed by atoms with Gasteiger partial charge in [0.05, 0.1) is 15.9 Å². The van der Waals surface area contributed by atoms with Crippen LogP contribution < -0.4 is 5.73 Å². The zero-order chi connectivity index (χ0) is 20.3. The molecule has 144 valence electrons. The molecule has 0 aliphatic rings. The van der Waals surface area contributed by atoms with E-state index in [9.17, 15) is 25.9 Å². The van der Waals surface area contributed by atoms with Crippen LogP contribution in [0.5, 0.6) is 0 Å². The molecule has 0 spiro atoms. The van der Waals surface area contributed by atoms with Crippen molar-refractivity contribution < 1.29 is 25.9 Å². The van der Waals surface area contributed by atoms with Crippen molar-refractivity contribution >= 4 is 47.5 Å². The average Bonchev–Trinajstić information content (AvgIpc) is 2.92. The molecule has 0 fully saturated rings. The van der Waals surface area contributed by atoms with Crippen LogP contribution in [-0.2, 0) is 20.2 Å². The number of thiazole rings is 1. The molecule has 0 atom stereocenters. The highest BCUT2D eigenvalue weighted by atomic mass is 32.2. The first kappa shape index (κ1) is 19.7. The normalized spacial score (nSPS) is 12.6. The van der Waals surface area contributed by atoms with Crippen molar-refractivity contribution in [1.82, 2.24) is 4.98 Å². The third kappa shape index (κ3) is 3.44. The zero-order valence-electron chi connectivity index (χ0n) is 14.5. The van der Waals surface area contributed by atoms with Crippen molar-refractivity contribution in [2.24, 2.45) is 0 Å². The summed E-state index contributed by atoms with van der Waals surface area (Å²) in [4.78, 5) is 3.74. The van der Waals surface area contributed by atoms with E-state index in [0.29, 0.717) is 32.8 Å². The molecular weight excluding hydrogens is 412 g/mol. The van der Waals surface area contributed by atoms with Crippen LogP contribution in [0.25, 0.3) is 20.8 Å². The van der Waals surface area contributed by atoms with Gasteiger partial charge in [-0.3, -0.25) is 9.11 Å². The number of aromatic nitrogens is 1. The van der Waals surface area contributed by atoms with E-state index in [-0.39, 0.29) is 15.3 Å². The van der Waals surface area contributed by atoms with Gasteiger partial charge in [-0.2, -0.15) is 16.8 Å². The number of nitrogen functional groups attached to an aromatic ring is 1. The Labute approximate surface area is 160 Å². The molecule has 0 saturated carbocycles. The van der Waals surface area contributed by atoms with Gasteiger partial charge in [-0.1, -0.05) is 6.07 Å². The Hall–Kier alpha value is -2.05. The lowest BCUT2D eigenvalue weighted by molar-refractivity contribution is 0.481. The first-order chi connectivity index (χ1) is 12.3. The zero-order valence-corrected chi connectivity index (χ0v) is 17.0. The van der Waals surface area contributed by atoms with E-state index >= 15 is 0 Å². The second-order valence-corrected chi connectivity index (χ2v) is 9.94. The number of hydrogen-bond donors (Lipinski definition) is 3. The van der Waals surface area contributed by atoms with Gasteiger partial charge in [0.1, 0.15) is 14.8 Å². The summed E-state index contributed by atoms with van der Waals surface area (Å²) in [5.74, 6) is 0. The molecule has 8 nitrogen and oxygen atoms in total. The van der Waals surface area contributed by atoms with Crippen LogP contribution in [0.3, 0.4) is 0 Å². The van der Waals surface area contributed by atoms with E-state index in [1.807, 2.05) is 0 Å². The molecule has 3 aromatic rings. The first-order valence-corrected chi connectivity index (χ1v) is 11.3. The Morgan fingerprint density at radius 1 is 0.926 bits per heavy atom. The van der Waals surface area contributed by atoms with Crippen molar-refractivity contribution in [3.63, 3.8) is 0 Å². The molecule has 0 saturated heterocycles. The predicted octanol–water partition coefficient (Wildman–Crippen LogP) is 2.96. The van der Waals surface area contributed by atoms with E-state index in [1.54, 1.807) is 32.9 Å². The molecule has 1 aromatic heterocycles. The van der Waals surface area contributed by atoms with E-state index in [2.05, 4.69) is 4.98 Å². The van der Waals surface area contributed by atoms with Crippen molar-refractivity contribution in [2.75, 3.05) is 5.73 Å². The second kappa shape index (κ2) is 6.24. The molecule has 0 bridgehead atoms. The molecule has 4 N–H and O–H groups in total. The molecule has 0 unspecified atom stereocenters. The fourth-order valence-electron chi connectivity index (χ4n) is 2.93. The van der Waals surface area contributed by atoms with Crippen molar-refractivity contribution in [3.05, 3.63) is 34.9 Å². The van der Waals surface area contributed by atoms with Crippen LogP contribution in [0.4, 0.5) is 5.69 Å². The van der Waals surface area contributed by atoms with Gasteiger partial charge in [-0.05, 0) is 49.6 Å². The highest BCUT2D eigenvalue weighted by Crippen LogP contribution is 2.39. The molecule has 1 heterocycles. The quantitative estimate of drug-likeness (QED) is 0.426. The van der Waals surface area contributed by atoms with E-state index in [4.69, 9.17) is 5.73 Å². The second-order valence-electron chi connectivity index (χ2n) is 6.19. The molecular formula is C16H16N2O6S3.